The minimum absolute atomic E-state index is 0.0556. The zero-order valence-electron chi connectivity index (χ0n) is 13.3. The van der Waals surface area contributed by atoms with Crippen LogP contribution in [0.4, 0.5) is 0 Å². The lowest BCUT2D eigenvalue weighted by Gasteiger charge is -2.22. The molecule has 1 aliphatic rings. The summed E-state index contributed by atoms with van der Waals surface area (Å²) in [4.78, 5) is 12.3. The van der Waals surface area contributed by atoms with Gasteiger partial charge in [0.1, 0.15) is 0 Å². The number of carbonyl (C=O) groups excluding carboxylic acids is 1. The fraction of sp³-hybridized carbons (Fsp3) is 0.611. The molecule has 0 heterocycles. The number of hydrogen-bond donors (Lipinski definition) is 2. The maximum atomic E-state index is 12.3. The predicted molar refractivity (Wildman–Crippen MR) is 87.0 cm³/mol. The minimum Gasteiger partial charge on any atom is -0.349 e. The number of carbonyl (C=O) groups is 1. The average Bonchev–Trinajstić information content (AvgIpc) is 2.92. The fourth-order valence-electron chi connectivity index (χ4n) is 3.16. The first kappa shape index (κ1) is 16.0. The molecule has 1 aromatic rings. The Balaban J connectivity index is 1.91. The molecule has 21 heavy (non-hydrogen) atoms. The summed E-state index contributed by atoms with van der Waals surface area (Å²) in [5.74, 6) is 1.45. The highest BCUT2D eigenvalue weighted by molar-refractivity contribution is 5.94. The molecule has 3 nitrogen and oxygen atoms in total. The monoisotopic (exact) mass is 288 g/mol. The first-order valence-electron chi connectivity index (χ1n) is 8.20. The third-order valence-corrected chi connectivity index (χ3v) is 4.54. The summed E-state index contributed by atoms with van der Waals surface area (Å²) in [7, 11) is 0. The maximum absolute atomic E-state index is 12.3. The van der Waals surface area contributed by atoms with Gasteiger partial charge in [-0.1, -0.05) is 38.8 Å². The van der Waals surface area contributed by atoms with Gasteiger partial charge in [-0.2, -0.15) is 0 Å². The molecule has 0 spiro atoms. The number of hydrogen-bond acceptors (Lipinski definition) is 2. The van der Waals surface area contributed by atoms with Crippen LogP contribution in [0.15, 0.2) is 24.3 Å². The van der Waals surface area contributed by atoms with Crippen molar-refractivity contribution in [3.05, 3.63) is 35.4 Å². The van der Waals surface area contributed by atoms with Gasteiger partial charge in [0, 0.05) is 18.2 Å². The first-order valence-corrected chi connectivity index (χ1v) is 8.20. The Morgan fingerprint density at radius 1 is 1.29 bits per heavy atom. The van der Waals surface area contributed by atoms with Gasteiger partial charge in [-0.05, 0) is 48.8 Å². The molecule has 3 N–H and O–H groups in total. The van der Waals surface area contributed by atoms with Gasteiger partial charge in [-0.25, -0.2) is 0 Å². The van der Waals surface area contributed by atoms with E-state index in [1.165, 1.54) is 25.7 Å². The van der Waals surface area contributed by atoms with Crippen LogP contribution in [0.1, 0.15) is 61.9 Å². The molecule has 1 aliphatic carbocycles. The molecule has 0 aliphatic heterocycles. The van der Waals surface area contributed by atoms with Crippen LogP contribution >= 0.6 is 0 Å². The number of rotatable bonds is 6. The van der Waals surface area contributed by atoms with E-state index in [0.29, 0.717) is 18.5 Å². The zero-order valence-corrected chi connectivity index (χ0v) is 13.3. The summed E-state index contributed by atoms with van der Waals surface area (Å²) in [5.41, 5.74) is 7.38. The maximum Gasteiger partial charge on any atom is 0.251 e. The van der Waals surface area contributed by atoms with Gasteiger partial charge in [0.05, 0.1) is 0 Å². The third kappa shape index (κ3) is 4.57. The number of nitrogens with one attached hydrogen (secondary N) is 1. The molecular weight excluding hydrogens is 260 g/mol. The Hall–Kier alpha value is -1.35. The second-order valence-electron chi connectivity index (χ2n) is 6.64. The van der Waals surface area contributed by atoms with E-state index in [9.17, 15) is 4.79 Å². The molecule has 0 aromatic heterocycles. The van der Waals surface area contributed by atoms with E-state index in [1.54, 1.807) is 0 Å². The smallest absolute Gasteiger partial charge is 0.251 e. The molecule has 0 saturated heterocycles. The highest BCUT2D eigenvalue weighted by Gasteiger charge is 2.28. The van der Waals surface area contributed by atoms with Crippen LogP contribution in [0, 0.1) is 11.8 Å². The fourth-order valence-corrected chi connectivity index (χ4v) is 3.16. The molecule has 1 fully saturated rings. The van der Waals surface area contributed by atoms with Gasteiger partial charge in [-0.3, -0.25) is 4.79 Å². The van der Waals surface area contributed by atoms with Gasteiger partial charge in [-0.15, -0.1) is 0 Å². The first-order chi connectivity index (χ1) is 10.1. The highest BCUT2D eigenvalue weighted by atomic mass is 16.1. The van der Waals surface area contributed by atoms with Crippen LogP contribution in [-0.2, 0) is 6.54 Å². The third-order valence-electron chi connectivity index (χ3n) is 4.54. The molecular formula is C18H28N2O. The normalized spacial score (nSPS) is 21.7. The largest absolute Gasteiger partial charge is 0.349 e. The lowest BCUT2D eigenvalue weighted by atomic mass is 9.93. The summed E-state index contributed by atoms with van der Waals surface area (Å²) in [6.07, 6.45) is 6.09. The van der Waals surface area contributed by atoms with E-state index in [-0.39, 0.29) is 5.91 Å². The zero-order chi connectivity index (χ0) is 15.2. The highest BCUT2D eigenvalue weighted by Crippen LogP contribution is 2.30. The summed E-state index contributed by atoms with van der Waals surface area (Å²) in [6.45, 7) is 5.05. The van der Waals surface area contributed by atoms with Crippen LogP contribution < -0.4 is 11.1 Å². The van der Waals surface area contributed by atoms with E-state index in [2.05, 4.69) is 19.2 Å². The van der Waals surface area contributed by atoms with E-state index in [4.69, 9.17) is 5.73 Å². The van der Waals surface area contributed by atoms with Crippen LogP contribution in [0.25, 0.3) is 0 Å². The molecule has 116 valence electrons. The second-order valence-corrected chi connectivity index (χ2v) is 6.64. The van der Waals surface area contributed by atoms with Gasteiger partial charge < -0.3 is 11.1 Å². The molecule has 2 rings (SSSR count). The van der Waals surface area contributed by atoms with Crippen molar-refractivity contribution in [2.24, 2.45) is 17.6 Å². The summed E-state index contributed by atoms with van der Waals surface area (Å²) in [6, 6.07) is 7.95. The summed E-state index contributed by atoms with van der Waals surface area (Å²) < 4.78 is 0. The van der Waals surface area contributed by atoms with Crippen molar-refractivity contribution in [2.75, 3.05) is 0 Å². The van der Waals surface area contributed by atoms with Crippen molar-refractivity contribution in [1.82, 2.24) is 5.32 Å². The van der Waals surface area contributed by atoms with Gasteiger partial charge in [0.25, 0.3) is 5.91 Å². The number of benzene rings is 1. The molecule has 2 atom stereocenters. The number of amides is 1. The molecule has 1 saturated carbocycles. The quantitative estimate of drug-likeness (QED) is 0.842. The lowest BCUT2D eigenvalue weighted by molar-refractivity contribution is 0.0926. The van der Waals surface area contributed by atoms with E-state index >= 15 is 0 Å². The Kier molecular flexibility index (Phi) is 5.80. The number of nitrogens with two attached hydrogens (primary N) is 1. The van der Waals surface area contributed by atoms with Crippen LogP contribution in [0.5, 0.6) is 0 Å². The molecule has 1 aromatic carbocycles. The SMILES string of the molecule is CC(C)CCC1CCCC1NC(=O)c1ccc(CN)cc1. The molecule has 0 bridgehead atoms. The van der Waals surface area contributed by atoms with Crippen molar-refractivity contribution in [3.63, 3.8) is 0 Å². The average molecular weight is 288 g/mol. The van der Waals surface area contributed by atoms with Crippen molar-refractivity contribution < 1.29 is 4.79 Å². The van der Waals surface area contributed by atoms with Crippen LogP contribution in [0.3, 0.4) is 0 Å². The second kappa shape index (κ2) is 7.60. The molecule has 1 amide bonds. The van der Waals surface area contributed by atoms with Crippen LogP contribution in [0.2, 0.25) is 0 Å². The molecule has 0 radical (unpaired) electrons. The summed E-state index contributed by atoms with van der Waals surface area (Å²) in [5, 5.41) is 3.24. The minimum atomic E-state index is 0.0556. The Labute approximate surface area is 128 Å². The van der Waals surface area contributed by atoms with Gasteiger partial charge in [0.15, 0.2) is 0 Å². The van der Waals surface area contributed by atoms with E-state index < -0.39 is 0 Å². The van der Waals surface area contributed by atoms with Crippen molar-refractivity contribution in [1.29, 1.82) is 0 Å². The van der Waals surface area contributed by atoms with E-state index in [1.807, 2.05) is 24.3 Å². The molecule has 2 unspecified atom stereocenters. The predicted octanol–water partition coefficient (Wildman–Crippen LogP) is 3.48. The van der Waals surface area contributed by atoms with E-state index in [0.717, 1.165) is 23.5 Å². The molecule has 3 heteroatoms. The van der Waals surface area contributed by atoms with Crippen molar-refractivity contribution in [2.45, 2.75) is 58.5 Å². The standard InChI is InChI=1S/C18H28N2O/c1-13(2)6-9-15-4-3-5-17(15)20-18(21)16-10-7-14(12-19)8-11-16/h7-8,10-11,13,15,17H,3-6,9,12,19H2,1-2H3,(H,20,21). The Morgan fingerprint density at radius 2 is 2.00 bits per heavy atom. The van der Waals surface area contributed by atoms with Crippen LogP contribution in [-0.4, -0.2) is 11.9 Å². The summed E-state index contributed by atoms with van der Waals surface area (Å²) >= 11 is 0. The van der Waals surface area contributed by atoms with Gasteiger partial charge >= 0.3 is 0 Å². The topological polar surface area (TPSA) is 55.1 Å². The van der Waals surface area contributed by atoms with Gasteiger partial charge in [0.2, 0.25) is 0 Å². The van der Waals surface area contributed by atoms with Crippen molar-refractivity contribution >= 4 is 5.91 Å². The Bertz CT molecular complexity index is 453. The Morgan fingerprint density at radius 3 is 2.62 bits per heavy atom. The lowest BCUT2D eigenvalue weighted by Crippen LogP contribution is -2.37. The van der Waals surface area contributed by atoms with Crippen molar-refractivity contribution in [3.8, 4) is 0 Å².